The Balaban J connectivity index is 0. The molecule has 1 aromatic carbocycles. The van der Waals surface area contributed by atoms with Gasteiger partial charge in [0, 0.05) is 7.11 Å². The molecule has 0 amide bonds. The van der Waals surface area contributed by atoms with Gasteiger partial charge in [-0.15, -0.1) is 0 Å². The van der Waals surface area contributed by atoms with Crippen molar-refractivity contribution in [2.75, 3.05) is 7.11 Å². The van der Waals surface area contributed by atoms with E-state index in [0.29, 0.717) is 0 Å². The van der Waals surface area contributed by atoms with Crippen molar-refractivity contribution in [3.8, 4) is 0 Å². The molecule has 0 fully saturated rings. The summed E-state index contributed by atoms with van der Waals surface area (Å²) in [5.41, 5.74) is 1.41. The Labute approximate surface area is 76.1 Å². The van der Waals surface area contributed by atoms with Crippen LogP contribution in [-0.4, -0.2) is 12.2 Å². The monoisotopic (exact) mass is 168 g/mol. The molecule has 1 nitrogen and oxygen atoms in total. The van der Waals surface area contributed by atoms with E-state index in [2.05, 4.69) is 31.2 Å². The van der Waals surface area contributed by atoms with Gasteiger partial charge in [0.2, 0.25) is 0 Å². The second kappa shape index (κ2) is 12.8. The van der Waals surface area contributed by atoms with Crippen LogP contribution in [0.15, 0.2) is 30.3 Å². The van der Waals surface area contributed by atoms with E-state index in [1.54, 1.807) is 0 Å². The fourth-order valence-electron chi connectivity index (χ4n) is 0.714. The molecule has 0 aromatic heterocycles. The molecule has 1 N–H and O–H groups in total. The molecule has 0 saturated heterocycles. The summed E-state index contributed by atoms with van der Waals surface area (Å²) >= 11 is 0. The average molecular weight is 168 g/mol. The van der Waals surface area contributed by atoms with Gasteiger partial charge in [0.05, 0.1) is 0 Å². The summed E-state index contributed by atoms with van der Waals surface area (Å²) in [5, 5.41) is 7.00. The first-order valence-corrected chi connectivity index (χ1v) is 4.42. The van der Waals surface area contributed by atoms with Gasteiger partial charge in [0.15, 0.2) is 0 Å². The second-order valence-corrected chi connectivity index (χ2v) is 1.84. The molecule has 0 bridgehead atoms. The zero-order valence-electron chi connectivity index (χ0n) is 8.54. The predicted molar refractivity (Wildman–Crippen MR) is 55.3 cm³/mol. The molecule has 0 heterocycles. The van der Waals surface area contributed by atoms with Crippen LogP contribution in [-0.2, 0) is 6.42 Å². The van der Waals surface area contributed by atoms with Crippen LogP contribution in [0.4, 0.5) is 0 Å². The molecule has 12 heavy (non-hydrogen) atoms. The van der Waals surface area contributed by atoms with Gasteiger partial charge in [-0.1, -0.05) is 51.1 Å². The average Bonchev–Trinajstić information content (AvgIpc) is 2.25. The van der Waals surface area contributed by atoms with E-state index in [0.717, 1.165) is 13.5 Å². The zero-order chi connectivity index (χ0) is 9.82. The minimum absolute atomic E-state index is 1.00. The number of aliphatic hydroxyl groups excluding tert-OH is 1. The molecule has 0 aliphatic rings. The van der Waals surface area contributed by atoms with Crippen molar-refractivity contribution in [1.29, 1.82) is 0 Å². The van der Waals surface area contributed by atoms with Gasteiger partial charge in [0.1, 0.15) is 0 Å². The van der Waals surface area contributed by atoms with Crippen molar-refractivity contribution in [2.45, 2.75) is 27.2 Å². The largest absolute Gasteiger partial charge is 0.400 e. The molecule has 0 spiro atoms. The van der Waals surface area contributed by atoms with Crippen LogP contribution < -0.4 is 0 Å². The second-order valence-electron chi connectivity index (χ2n) is 1.84. The maximum Gasteiger partial charge on any atom is 0.0319 e. The number of benzene rings is 1. The van der Waals surface area contributed by atoms with Gasteiger partial charge in [-0.25, -0.2) is 0 Å². The molecule has 1 rings (SSSR count). The maximum absolute atomic E-state index is 7.00. The fraction of sp³-hybridized carbons (Fsp3) is 0.455. The Morgan fingerprint density at radius 1 is 1.00 bits per heavy atom. The molecule has 1 heteroatoms. The van der Waals surface area contributed by atoms with Crippen LogP contribution in [0.2, 0.25) is 0 Å². The van der Waals surface area contributed by atoms with Crippen molar-refractivity contribution < 1.29 is 5.11 Å². The highest BCUT2D eigenvalue weighted by Crippen LogP contribution is 1.96. The Kier molecular flexibility index (Phi) is 14.7. The standard InChI is InChI=1S/C8H10.C2H6.CH4O/c1-2-8-6-4-3-5-7-8;2*1-2/h3-7H,2H2,1H3;1-2H3;2H,1H3. The maximum atomic E-state index is 7.00. The number of rotatable bonds is 1. The zero-order valence-corrected chi connectivity index (χ0v) is 8.54. The summed E-state index contributed by atoms with van der Waals surface area (Å²) in [4.78, 5) is 0. The quantitative estimate of drug-likeness (QED) is 0.683. The minimum atomic E-state index is 1.00. The fourth-order valence-corrected chi connectivity index (χ4v) is 0.714. The molecular weight excluding hydrogens is 148 g/mol. The number of aliphatic hydroxyl groups is 1. The predicted octanol–water partition coefficient (Wildman–Crippen LogP) is 2.88. The van der Waals surface area contributed by atoms with Crippen molar-refractivity contribution in [3.63, 3.8) is 0 Å². The molecule has 0 saturated carbocycles. The lowest BCUT2D eigenvalue weighted by Gasteiger charge is -1.89. The molecular formula is C11H20O. The SMILES string of the molecule is CC.CCc1ccccc1.CO. The lowest BCUT2D eigenvalue weighted by atomic mass is 10.2. The van der Waals surface area contributed by atoms with E-state index in [-0.39, 0.29) is 0 Å². The van der Waals surface area contributed by atoms with Crippen LogP contribution in [0.1, 0.15) is 26.3 Å². The summed E-state index contributed by atoms with van der Waals surface area (Å²) in [5.74, 6) is 0. The van der Waals surface area contributed by atoms with E-state index in [1.165, 1.54) is 5.56 Å². The highest BCUT2D eigenvalue weighted by Gasteiger charge is 1.79. The first-order chi connectivity index (χ1) is 5.93. The van der Waals surface area contributed by atoms with Crippen LogP contribution in [0.25, 0.3) is 0 Å². The minimum Gasteiger partial charge on any atom is -0.400 e. The van der Waals surface area contributed by atoms with Crippen LogP contribution >= 0.6 is 0 Å². The molecule has 0 radical (unpaired) electrons. The van der Waals surface area contributed by atoms with Gasteiger partial charge in [-0.05, 0) is 12.0 Å². The van der Waals surface area contributed by atoms with Crippen molar-refractivity contribution in [3.05, 3.63) is 35.9 Å². The molecule has 0 aliphatic carbocycles. The Hall–Kier alpha value is -0.820. The molecule has 1 aromatic rings. The van der Waals surface area contributed by atoms with E-state index in [9.17, 15) is 0 Å². The van der Waals surface area contributed by atoms with Crippen molar-refractivity contribution >= 4 is 0 Å². The van der Waals surface area contributed by atoms with Crippen LogP contribution in [0.5, 0.6) is 0 Å². The van der Waals surface area contributed by atoms with Gasteiger partial charge in [0.25, 0.3) is 0 Å². The Morgan fingerprint density at radius 2 is 1.42 bits per heavy atom. The van der Waals surface area contributed by atoms with Crippen molar-refractivity contribution in [2.24, 2.45) is 0 Å². The van der Waals surface area contributed by atoms with E-state index >= 15 is 0 Å². The first-order valence-electron chi connectivity index (χ1n) is 4.42. The van der Waals surface area contributed by atoms with Gasteiger partial charge in [-0.2, -0.15) is 0 Å². The Morgan fingerprint density at radius 3 is 1.67 bits per heavy atom. The molecule has 0 unspecified atom stereocenters. The van der Waals surface area contributed by atoms with E-state index < -0.39 is 0 Å². The number of aryl methyl sites for hydroxylation is 1. The van der Waals surface area contributed by atoms with Gasteiger partial charge in [-0.3, -0.25) is 0 Å². The summed E-state index contributed by atoms with van der Waals surface area (Å²) in [6.07, 6.45) is 1.14. The van der Waals surface area contributed by atoms with Gasteiger partial charge < -0.3 is 5.11 Å². The lowest BCUT2D eigenvalue weighted by molar-refractivity contribution is 0.399. The Bertz CT molecular complexity index is 146. The molecule has 0 atom stereocenters. The summed E-state index contributed by atoms with van der Waals surface area (Å²) in [6, 6.07) is 10.5. The first kappa shape index (κ1) is 13.7. The lowest BCUT2D eigenvalue weighted by Crippen LogP contribution is -1.73. The third kappa shape index (κ3) is 7.29. The third-order valence-electron chi connectivity index (χ3n) is 1.25. The van der Waals surface area contributed by atoms with E-state index in [4.69, 9.17) is 5.11 Å². The highest BCUT2D eigenvalue weighted by molar-refractivity contribution is 5.13. The normalized spacial score (nSPS) is 7.08. The molecule has 70 valence electrons. The van der Waals surface area contributed by atoms with Crippen LogP contribution in [0, 0.1) is 0 Å². The summed E-state index contributed by atoms with van der Waals surface area (Å²) in [7, 11) is 1.00. The number of hydrogen-bond acceptors (Lipinski definition) is 1. The highest BCUT2D eigenvalue weighted by atomic mass is 16.2. The summed E-state index contributed by atoms with van der Waals surface area (Å²) < 4.78 is 0. The summed E-state index contributed by atoms with van der Waals surface area (Å²) in [6.45, 7) is 6.16. The third-order valence-corrected chi connectivity index (χ3v) is 1.25. The smallest absolute Gasteiger partial charge is 0.0319 e. The molecule has 0 aliphatic heterocycles. The van der Waals surface area contributed by atoms with Crippen molar-refractivity contribution in [1.82, 2.24) is 0 Å². The van der Waals surface area contributed by atoms with Crippen LogP contribution in [0.3, 0.4) is 0 Å². The van der Waals surface area contributed by atoms with Gasteiger partial charge >= 0.3 is 0 Å². The topological polar surface area (TPSA) is 20.2 Å². The van der Waals surface area contributed by atoms with E-state index in [1.807, 2.05) is 19.9 Å². The number of hydrogen-bond donors (Lipinski definition) is 1.